The molecule has 2 aliphatic rings. The van der Waals surface area contributed by atoms with Gasteiger partial charge in [0.05, 0.1) is 11.1 Å². The number of hydrazone groups is 1. The number of fused-ring (bicyclic) bond motifs is 1. The molecule has 0 aromatic heterocycles. The smallest absolute Gasteiger partial charge is 0.209 e. The zero-order chi connectivity index (χ0) is 17.4. The van der Waals surface area contributed by atoms with Crippen LogP contribution in [-0.4, -0.2) is 34.6 Å². The van der Waals surface area contributed by atoms with E-state index in [1.807, 2.05) is 6.07 Å². The lowest BCUT2D eigenvalue weighted by Gasteiger charge is -2.15. The molecule has 0 aliphatic carbocycles. The van der Waals surface area contributed by atoms with Gasteiger partial charge in [0.2, 0.25) is 5.69 Å². The second-order valence-corrected chi connectivity index (χ2v) is 7.23. The van der Waals surface area contributed by atoms with Gasteiger partial charge in [0, 0.05) is 36.9 Å². The standard InChI is InChI=1S/C22H24N3.ClH/c1-22(2)18-11-7-8-12-20(18)24(3)21(22)14-16-25-15-13-19(23-25)17-9-5-4-6-10-17;/h4-12,14,16H,13,15H2,1-3H3;1H/q+1;/p-1. The molecule has 26 heavy (non-hydrogen) atoms. The molecule has 2 aromatic rings. The first kappa shape index (κ1) is 18.4. The van der Waals surface area contributed by atoms with Crippen LogP contribution in [0.25, 0.3) is 0 Å². The van der Waals surface area contributed by atoms with E-state index in [9.17, 15) is 0 Å². The maximum Gasteiger partial charge on any atom is 0.209 e. The van der Waals surface area contributed by atoms with E-state index in [4.69, 9.17) is 5.10 Å². The summed E-state index contributed by atoms with van der Waals surface area (Å²) in [5.41, 5.74) is 6.37. The Morgan fingerprint density at radius 1 is 1.04 bits per heavy atom. The quantitative estimate of drug-likeness (QED) is 0.750. The Morgan fingerprint density at radius 3 is 2.46 bits per heavy atom. The minimum absolute atomic E-state index is 0. The Balaban J connectivity index is 0.00000196. The van der Waals surface area contributed by atoms with E-state index in [-0.39, 0.29) is 17.8 Å². The van der Waals surface area contributed by atoms with Gasteiger partial charge in [-0.05, 0) is 19.4 Å². The van der Waals surface area contributed by atoms with Gasteiger partial charge in [0.1, 0.15) is 7.05 Å². The van der Waals surface area contributed by atoms with E-state index in [0.29, 0.717) is 0 Å². The Kier molecular flexibility index (Phi) is 5.01. The summed E-state index contributed by atoms with van der Waals surface area (Å²) in [6.45, 7) is 5.51. The number of hydrogen-bond donors (Lipinski definition) is 0. The largest absolute Gasteiger partial charge is 1.00 e. The van der Waals surface area contributed by atoms with Crippen molar-refractivity contribution in [2.24, 2.45) is 5.10 Å². The predicted molar refractivity (Wildman–Crippen MR) is 104 cm³/mol. The van der Waals surface area contributed by atoms with Gasteiger partial charge in [-0.2, -0.15) is 9.68 Å². The average molecular weight is 366 g/mol. The van der Waals surface area contributed by atoms with E-state index in [1.54, 1.807) is 0 Å². The molecule has 0 bridgehead atoms. The number of benzene rings is 2. The number of nitrogens with zero attached hydrogens (tertiary/aromatic N) is 3. The van der Waals surface area contributed by atoms with Crippen LogP contribution in [0.3, 0.4) is 0 Å². The summed E-state index contributed by atoms with van der Waals surface area (Å²) in [5, 5.41) is 6.83. The summed E-state index contributed by atoms with van der Waals surface area (Å²) in [4.78, 5) is 0. The molecule has 4 rings (SSSR count). The van der Waals surface area contributed by atoms with Crippen molar-refractivity contribution in [1.29, 1.82) is 0 Å². The van der Waals surface area contributed by atoms with Gasteiger partial charge in [-0.25, -0.2) is 0 Å². The van der Waals surface area contributed by atoms with E-state index < -0.39 is 0 Å². The Labute approximate surface area is 161 Å². The third-order valence-corrected chi connectivity index (χ3v) is 5.28. The molecule has 0 fully saturated rings. The van der Waals surface area contributed by atoms with E-state index >= 15 is 0 Å². The van der Waals surface area contributed by atoms with Crippen molar-refractivity contribution < 1.29 is 17.0 Å². The number of para-hydroxylation sites is 1. The highest BCUT2D eigenvalue weighted by Crippen LogP contribution is 2.38. The topological polar surface area (TPSA) is 18.6 Å². The lowest BCUT2D eigenvalue weighted by Crippen LogP contribution is -3.00. The monoisotopic (exact) mass is 365 g/mol. The van der Waals surface area contributed by atoms with Gasteiger partial charge in [0.15, 0.2) is 5.71 Å². The molecule has 0 spiro atoms. The molecule has 0 N–H and O–H groups in total. The summed E-state index contributed by atoms with van der Waals surface area (Å²) in [7, 11) is 2.15. The van der Waals surface area contributed by atoms with Gasteiger partial charge in [-0.3, -0.25) is 5.01 Å². The third kappa shape index (κ3) is 3.08. The van der Waals surface area contributed by atoms with Crippen molar-refractivity contribution in [3.8, 4) is 0 Å². The normalized spacial score (nSPS) is 18.1. The first-order valence-corrected chi connectivity index (χ1v) is 8.86. The minimum atomic E-state index is 0. The summed E-state index contributed by atoms with van der Waals surface area (Å²) >= 11 is 0. The van der Waals surface area contributed by atoms with E-state index in [1.165, 1.54) is 22.5 Å². The molecule has 134 valence electrons. The van der Waals surface area contributed by atoms with Crippen LogP contribution in [0.5, 0.6) is 0 Å². The number of rotatable bonds is 3. The van der Waals surface area contributed by atoms with Gasteiger partial charge in [0.25, 0.3) is 0 Å². The Morgan fingerprint density at radius 2 is 1.73 bits per heavy atom. The second-order valence-electron chi connectivity index (χ2n) is 7.23. The number of hydrogen-bond acceptors (Lipinski definition) is 2. The van der Waals surface area contributed by atoms with Crippen molar-refractivity contribution in [2.45, 2.75) is 25.7 Å². The number of allylic oxidation sites excluding steroid dienone is 1. The van der Waals surface area contributed by atoms with Crippen LogP contribution >= 0.6 is 0 Å². The average Bonchev–Trinajstić information content (AvgIpc) is 3.17. The SMILES string of the molecule is C[N+]1=C(/C=C/N2CCC(c3ccccc3)=N2)C(C)(C)c2ccccc21.[Cl-]. The molecule has 2 aliphatic heterocycles. The van der Waals surface area contributed by atoms with Crippen LogP contribution in [0.1, 0.15) is 31.4 Å². The van der Waals surface area contributed by atoms with Crippen molar-refractivity contribution in [3.05, 3.63) is 78.0 Å². The third-order valence-electron chi connectivity index (χ3n) is 5.28. The van der Waals surface area contributed by atoms with Crippen LogP contribution in [0, 0.1) is 0 Å². The maximum atomic E-state index is 4.77. The second kappa shape index (κ2) is 7.08. The van der Waals surface area contributed by atoms with Crippen LogP contribution < -0.4 is 12.4 Å². The molecule has 0 radical (unpaired) electrons. The van der Waals surface area contributed by atoms with Crippen molar-refractivity contribution >= 4 is 17.1 Å². The fourth-order valence-corrected chi connectivity index (χ4v) is 3.87. The van der Waals surface area contributed by atoms with Gasteiger partial charge < -0.3 is 12.4 Å². The number of halogens is 1. The Hall–Kier alpha value is -2.39. The highest BCUT2D eigenvalue weighted by molar-refractivity contribution is 6.03. The first-order valence-electron chi connectivity index (χ1n) is 8.86. The van der Waals surface area contributed by atoms with E-state index in [0.717, 1.165) is 18.7 Å². The fourth-order valence-electron chi connectivity index (χ4n) is 3.87. The lowest BCUT2D eigenvalue weighted by molar-refractivity contribution is -0.401. The van der Waals surface area contributed by atoms with Crippen LogP contribution in [-0.2, 0) is 5.41 Å². The van der Waals surface area contributed by atoms with Crippen LogP contribution in [0.2, 0.25) is 0 Å². The first-order chi connectivity index (χ1) is 12.1. The summed E-state index contributed by atoms with van der Waals surface area (Å²) in [6.07, 6.45) is 5.33. The molecule has 0 saturated carbocycles. The molecular formula is C22H24ClN3. The maximum absolute atomic E-state index is 4.77. The molecule has 0 atom stereocenters. The molecule has 4 heteroatoms. The van der Waals surface area contributed by atoms with Gasteiger partial charge in [-0.15, -0.1) is 0 Å². The summed E-state index contributed by atoms with van der Waals surface area (Å²) in [6, 6.07) is 19.1. The molecule has 3 nitrogen and oxygen atoms in total. The predicted octanol–water partition coefficient (Wildman–Crippen LogP) is 1.32. The van der Waals surface area contributed by atoms with Gasteiger partial charge >= 0.3 is 0 Å². The molecule has 0 unspecified atom stereocenters. The Bertz CT molecular complexity index is 895. The van der Waals surface area contributed by atoms with Crippen LogP contribution in [0.4, 0.5) is 5.69 Å². The molecule has 0 amide bonds. The lowest BCUT2D eigenvalue weighted by atomic mass is 9.81. The van der Waals surface area contributed by atoms with Gasteiger partial charge in [-0.1, -0.05) is 48.5 Å². The zero-order valence-electron chi connectivity index (χ0n) is 15.5. The summed E-state index contributed by atoms with van der Waals surface area (Å²) in [5.74, 6) is 0. The zero-order valence-corrected chi connectivity index (χ0v) is 16.2. The molecular weight excluding hydrogens is 342 g/mol. The van der Waals surface area contributed by atoms with Crippen LogP contribution in [0.15, 0.2) is 72.0 Å². The highest BCUT2D eigenvalue weighted by Gasteiger charge is 2.42. The molecule has 0 saturated heterocycles. The van der Waals surface area contributed by atoms with Crippen molar-refractivity contribution in [2.75, 3.05) is 13.6 Å². The molecule has 2 aromatic carbocycles. The fraction of sp³-hybridized carbons (Fsp3) is 0.273. The van der Waals surface area contributed by atoms with Crippen molar-refractivity contribution in [1.82, 2.24) is 5.01 Å². The highest BCUT2D eigenvalue weighted by atomic mass is 35.5. The molecule has 2 heterocycles. The minimum Gasteiger partial charge on any atom is -1.00 e. The van der Waals surface area contributed by atoms with Crippen molar-refractivity contribution in [3.63, 3.8) is 0 Å². The summed E-state index contributed by atoms with van der Waals surface area (Å²) < 4.78 is 2.30. The van der Waals surface area contributed by atoms with E-state index in [2.05, 4.69) is 91.3 Å².